The number of halogens is 2. The quantitative estimate of drug-likeness (QED) is 0.757. The Labute approximate surface area is 167 Å². The number of rotatable bonds is 6. The van der Waals surface area contributed by atoms with E-state index in [4.69, 9.17) is 11.6 Å². The van der Waals surface area contributed by atoms with E-state index < -0.39 is 17.6 Å². The second-order valence-electron chi connectivity index (χ2n) is 6.00. The van der Waals surface area contributed by atoms with Crippen molar-refractivity contribution in [2.45, 2.75) is 20.8 Å². The molecular weight excluding hydrogens is 385 g/mol. The summed E-state index contributed by atoms with van der Waals surface area (Å²) < 4.78 is 13.7. The molecule has 2 aromatic carbocycles. The zero-order valence-corrected chi connectivity index (χ0v) is 16.6. The Morgan fingerprint density at radius 2 is 1.71 bits per heavy atom. The van der Waals surface area contributed by atoms with Gasteiger partial charge in [-0.1, -0.05) is 11.6 Å². The second-order valence-corrected chi connectivity index (χ2v) is 6.41. The number of hydrogen-bond donors (Lipinski definition) is 2. The van der Waals surface area contributed by atoms with E-state index in [1.165, 1.54) is 25.1 Å². The van der Waals surface area contributed by atoms with Crippen LogP contribution in [0.4, 0.5) is 15.8 Å². The minimum atomic E-state index is -0.644. The molecule has 6 nitrogen and oxygen atoms in total. The highest BCUT2D eigenvalue weighted by molar-refractivity contribution is 6.34. The molecule has 8 heteroatoms. The van der Waals surface area contributed by atoms with E-state index in [1.54, 1.807) is 17.0 Å². The van der Waals surface area contributed by atoms with Crippen LogP contribution >= 0.6 is 11.6 Å². The summed E-state index contributed by atoms with van der Waals surface area (Å²) in [5.41, 5.74) is 0.803. The third-order valence-electron chi connectivity index (χ3n) is 4.05. The van der Waals surface area contributed by atoms with Crippen LogP contribution in [0.2, 0.25) is 5.02 Å². The number of nitrogens with one attached hydrogen (secondary N) is 2. The Balaban J connectivity index is 2.20. The highest BCUT2D eigenvalue weighted by Crippen LogP contribution is 2.24. The summed E-state index contributed by atoms with van der Waals surface area (Å²) in [6.45, 7) is 6.12. The standard InChI is InChI=1S/C20H21ClFN3O3/c1-4-25(5-2)20(28)15-8-7-14(11-16(15)21)24-19(27)13-6-9-17(22)18(10-13)23-12(3)26/h6-11H,4-5H2,1-3H3,(H,23,26)(H,24,27). The molecule has 148 valence electrons. The summed E-state index contributed by atoms with van der Waals surface area (Å²) in [5, 5.41) is 5.18. The lowest BCUT2D eigenvalue weighted by atomic mass is 10.1. The van der Waals surface area contributed by atoms with E-state index in [2.05, 4.69) is 10.6 Å². The summed E-state index contributed by atoms with van der Waals surface area (Å²) in [4.78, 5) is 37.6. The monoisotopic (exact) mass is 405 g/mol. The maximum Gasteiger partial charge on any atom is 0.255 e. The zero-order valence-electron chi connectivity index (χ0n) is 15.8. The number of amides is 3. The van der Waals surface area contributed by atoms with Crippen LogP contribution < -0.4 is 10.6 Å². The smallest absolute Gasteiger partial charge is 0.255 e. The van der Waals surface area contributed by atoms with Gasteiger partial charge in [-0.05, 0) is 50.2 Å². The summed E-state index contributed by atoms with van der Waals surface area (Å²) >= 11 is 6.22. The van der Waals surface area contributed by atoms with Crippen molar-refractivity contribution in [1.29, 1.82) is 0 Å². The minimum Gasteiger partial charge on any atom is -0.339 e. The van der Waals surface area contributed by atoms with Crippen molar-refractivity contribution < 1.29 is 18.8 Å². The summed E-state index contributed by atoms with van der Waals surface area (Å²) in [6, 6.07) is 8.24. The van der Waals surface area contributed by atoms with Crippen LogP contribution in [-0.4, -0.2) is 35.7 Å². The Bertz CT molecular complexity index is 914. The van der Waals surface area contributed by atoms with Gasteiger partial charge in [0.05, 0.1) is 16.3 Å². The molecule has 0 radical (unpaired) electrons. The lowest BCUT2D eigenvalue weighted by molar-refractivity contribution is -0.114. The average Bonchev–Trinajstić information content (AvgIpc) is 2.64. The predicted molar refractivity (Wildman–Crippen MR) is 107 cm³/mol. The molecule has 0 saturated heterocycles. The summed E-state index contributed by atoms with van der Waals surface area (Å²) in [6.07, 6.45) is 0. The first-order chi connectivity index (χ1) is 13.3. The van der Waals surface area contributed by atoms with Gasteiger partial charge in [0.2, 0.25) is 5.91 Å². The SMILES string of the molecule is CCN(CC)C(=O)c1ccc(NC(=O)c2ccc(F)c(NC(C)=O)c2)cc1Cl. The molecule has 0 fully saturated rings. The molecule has 0 saturated carbocycles. The van der Waals surface area contributed by atoms with E-state index >= 15 is 0 Å². The second kappa shape index (κ2) is 9.32. The first-order valence-corrected chi connectivity index (χ1v) is 9.11. The Kier molecular flexibility index (Phi) is 7.12. The molecule has 0 aromatic heterocycles. The predicted octanol–water partition coefficient (Wildman–Crippen LogP) is 4.17. The van der Waals surface area contributed by atoms with Gasteiger partial charge in [0.15, 0.2) is 0 Å². The van der Waals surface area contributed by atoms with Crippen LogP contribution in [0.25, 0.3) is 0 Å². The molecule has 0 atom stereocenters. The molecule has 2 N–H and O–H groups in total. The van der Waals surface area contributed by atoms with Crippen LogP contribution in [-0.2, 0) is 4.79 Å². The highest BCUT2D eigenvalue weighted by atomic mass is 35.5. The minimum absolute atomic E-state index is 0.0849. The molecule has 0 aliphatic rings. The molecule has 0 aliphatic carbocycles. The fourth-order valence-electron chi connectivity index (χ4n) is 2.60. The van der Waals surface area contributed by atoms with Crippen LogP contribution in [0.1, 0.15) is 41.5 Å². The molecule has 0 aliphatic heterocycles. The first-order valence-electron chi connectivity index (χ1n) is 8.74. The van der Waals surface area contributed by atoms with E-state index in [9.17, 15) is 18.8 Å². The third-order valence-corrected chi connectivity index (χ3v) is 4.36. The van der Waals surface area contributed by atoms with Crippen molar-refractivity contribution in [2.24, 2.45) is 0 Å². The van der Waals surface area contributed by atoms with Crippen molar-refractivity contribution in [2.75, 3.05) is 23.7 Å². The summed E-state index contributed by atoms with van der Waals surface area (Å²) in [7, 11) is 0. The first kappa shape index (κ1) is 21.4. The van der Waals surface area contributed by atoms with Crippen LogP contribution in [0, 0.1) is 5.82 Å². The van der Waals surface area contributed by atoms with Gasteiger partial charge in [0.25, 0.3) is 11.8 Å². The van der Waals surface area contributed by atoms with Gasteiger partial charge >= 0.3 is 0 Å². The molecular formula is C20H21ClFN3O3. The number of hydrogen-bond acceptors (Lipinski definition) is 3. The van der Waals surface area contributed by atoms with Gasteiger partial charge in [-0.25, -0.2) is 4.39 Å². The molecule has 0 spiro atoms. The van der Waals surface area contributed by atoms with Crippen molar-refractivity contribution >= 4 is 40.7 Å². The number of carbonyl (C=O) groups excluding carboxylic acids is 3. The highest BCUT2D eigenvalue weighted by Gasteiger charge is 2.17. The zero-order chi connectivity index (χ0) is 20.8. The number of anilines is 2. The van der Waals surface area contributed by atoms with Crippen LogP contribution in [0.5, 0.6) is 0 Å². The van der Waals surface area contributed by atoms with Gasteiger partial charge in [0, 0.05) is 31.3 Å². The largest absolute Gasteiger partial charge is 0.339 e. The van der Waals surface area contributed by atoms with Crippen molar-refractivity contribution in [3.05, 3.63) is 58.4 Å². The van der Waals surface area contributed by atoms with E-state index in [-0.39, 0.29) is 22.2 Å². The fourth-order valence-corrected chi connectivity index (χ4v) is 2.86. The molecule has 3 amide bonds. The number of carbonyl (C=O) groups is 3. The molecule has 0 bridgehead atoms. The molecule has 0 unspecified atom stereocenters. The van der Waals surface area contributed by atoms with Crippen LogP contribution in [0.15, 0.2) is 36.4 Å². The van der Waals surface area contributed by atoms with E-state index in [0.717, 1.165) is 6.07 Å². The lowest BCUT2D eigenvalue weighted by Gasteiger charge is -2.19. The molecule has 2 rings (SSSR count). The number of nitrogens with zero attached hydrogens (tertiary/aromatic N) is 1. The van der Waals surface area contributed by atoms with Gasteiger partial charge < -0.3 is 15.5 Å². The lowest BCUT2D eigenvalue weighted by Crippen LogP contribution is -2.30. The van der Waals surface area contributed by atoms with E-state index in [0.29, 0.717) is 24.3 Å². The normalized spacial score (nSPS) is 10.3. The van der Waals surface area contributed by atoms with Crippen molar-refractivity contribution in [3.63, 3.8) is 0 Å². The van der Waals surface area contributed by atoms with Crippen molar-refractivity contribution in [3.8, 4) is 0 Å². The Hall–Kier alpha value is -2.93. The molecule has 28 heavy (non-hydrogen) atoms. The maximum atomic E-state index is 13.7. The van der Waals surface area contributed by atoms with Gasteiger partial charge in [-0.3, -0.25) is 14.4 Å². The van der Waals surface area contributed by atoms with Gasteiger partial charge in [0.1, 0.15) is 5.82 Å². The Morgan fingerprint density at radius 1 is 1.04 bits per heavy atom. The number of benzene rings is 2. The van der Waals surface area contributed by atoms with E-state index in [1.807, 2.05) is 13.8 Å². The molecule has 0 heterocycles. The van der Waals surface area contributed by atoms with Crippen molar-refractivity contribution in [1.82, 2.24) is 4.90 Å². The topological polar surface area (TPSA) is 78.5 Å². The third kappa shape index (κ3) is 5.07. The molecule has 2 aromatic rings. The van der Waals surface area contributed by atoms with Gasteiger partial charge in [-0.2, -0.15) is 0 Å². The average molecular weight is 406 g/mol. The maximum absolute atomic E-state index is 13.7. The Morgan fingerprint density at radius 3 is 2.29 bits per heavy atom. The van der Waals surface area contributed by atoms with Gasteiger partial charge in [-0.15, -0.1) is 0 Å². The van der Waals surface area contributed by atoms with Crippen LogP contribution in [0.3, 0.4) is 0 Å². The summed E-state index contributed by atoms with van der Waals surface area (Å²) in [5.74, 6) is -1.79. The fraction of sp³-hybridized carbons (Fsp3) is 0.250.